The van der Waals surface area contributed by atoms with Crippen molar-refractivity contribution in [2.75, 3.05) is 0 Å². The van der Waals surface area contributed by atoms with Crippen molar-refractivity contribution in [1.29, 1.82) is 0 Å². The Balaban J connectivity index is 0.00000520. The molecule has 14 aromatic rings. The Labute approximate surface area is 718 Å². The summed E-state index contributed by atoms with van der Waals surface area (Å²) in [5.74, 6) is 7.13. The molecular weight excluding hydrogens is 1540 g/mol. The molecule has 0 amide bonds. The van der Waals surface area contributed by atoms with Gasteiger partial charge in [-0.05, 0) is 353 Å². The number of benzene rings is 8. The predicted molar refractivity (Wildman–Crippen MR) is 488 cm³/mol. The van der Waals surface area contributed by atoms with E-state index in [0.717, 1.165) is 234 Å². The van der Waals surface area contributed by atoms with Crippen molar-refractivity contribution in [2.24, 2.45) is 0 Å². The van der Waals surface area contributed by atoms with Gasteiger partial charge in [-0.2, -0.15) is 0 Å². The zero-order valence-corrected chi connectivity index (χ0v) is 76.7. The second-order valence-corrected chi connectivity index (χ2v) is 32.8. The second-order valence-electron chi connectivity index (χ2n) is 32.8. The van der Waals surface area contributed by atoms with Gasteiger partial charge in [0.2, 0.25) is 0 Å². The Morgan fingerprint density at radius 1 is 0.178 bits per heavy atom. The van der Waals surface area contributed by atoms with Gasteiger partial charge < -0.3 is 19.9 Å². The van der Waals surface area contributed by atoms with Crippen molar-refractivity contribution in [1.82, 2.24) is 39.9 Å². The van der Waals surface area contributed by atoms with Crippen molar-refractivity contribution in [3.05, 3.63) is 327 Å². The molecule has 10 heteroatoms. The first-order valence-electron chi connectivity index (χ1n) is 40.2. The van der Waals surface area contributed by atoms with Crippen LogP contribution in [0.4, 0.5) is 0 Å². The molecule has 0 fully saturated rings. The molecule has 8 aromatic carbocycles. The summed E-state index contributed by atoms with van der Waals surface area (Å²) in [4.78, 5) is 45.6. The number of hydrogen-bond donors (Lipinski definition) is 0. The van der Waals surface area contributed by atoms with Crippen LogP contribution in [0, 0.1) is 136 Å². The van der Waals surface area contributed by atoms with Crippen LogP contribution in [0.3, 0.4) is 0 Å². The minimum Gasteiger partial charge on any atom is -0.657 e. The van der Waals surface area contributed by atoms with Gasteiger partial charge in [0.25, 0.3) is 0 Å². The predicted octanol–water partition coefficient (Wildman–Crippen LogP) is 26.4. The molecule has 0 spiro atoms. The van der Waals surface area contributed by atoms with Crippen molar-refractivity contribution >= 4 is 92.7 Å². The third kappa shape index (κ3) is 14.3. The standard InChI is InChI=1S/C108H90N8.2Zn/c1-57-45-63(7)95(64(8)46-57)103-83-33-29-79(109-83)101(80-30-34-84(110-80)104(96-65(9)47-58(2)48-66(96)10)88-38-42-92(114-88)107(91-41-37-87(103)113-91)99-71(15)53-61(5)54-72(99)16)77-25-21-75(22-26-77)19-20-76-23-27-78(28-24-76)102-81-31-35-85(111-81)105(97-67(11)49-59(3)50-68(97)12)89-39-43-93(115-89)108(100-73(17)55-62(6)56-74(100)18)94-44-40-90(116-94)106(86-36-32-82(102)112-86)98-69(13)51-60(4)52-70(98)14;;/h21-56H,1-18H3;;/q-4;2*+2/i101+1;;. The molecule has 0 saturated heterocycles. The first-order valence-corrected chi connectivity index (χ1v) is 40.2. The Kier molecular flexibility index (Phi) is 21.1. The Bertz CT molecular complexity index is 6530. The maximum absolute atomic E-state index is 5.70. The molecule has 0 aliphatic carbocycles. The Morgan fingerprint density at radius 2 is 0.322 bits per heavy atom. The number of aryl methyl sites for hydroxylation is 18. The molecular formula is C108H90N8Zn2. The molecule has 18 rings (SSSR count). The van der Waals surface area contributed by atoms with Crippen molar-refractivity contribution in [3.8, 4) is 101 Å². The van der Waals surface area contributed by atoms with E-state index in [4.69, 9.17) is 39.9 Å². The van der Waals surface area contributed by atoms with Gasteiger partial charge in [-0.25, -0.2) is 19.9 Å². The third-order valence-corrected chi connectivity index (χ3v) is 23.5. The summed E-state index contributed by atoms with van der Waals surface area (Å²) in [7, 11) is 0. The monoisotopic (exact) mass is 1630 g/mol. The van der Waals surface area contributed by atoms with Crippen LogP contribution in [0.1, 0.15) is 157 Å². The first kappa shape index (κ1) is 79.6. The first-order chi connectivity index (χ1) is 55.8. The summed E-state index contributed by atoms with van der Waals surface area (Å²) < 4.78 is 0. The Hall–Kier alpha value is -12.2. The number of nitrogens with zero attached hydrogens (tertiary/aromatic N) is 8. The van der Waals surface area contributed by atoms with E-state index in [9.17, 15) is 0 Å². The zero-order valence-electron chi connectivity index (χ0n) is 70.8. The van der Waals surface area contributed by atoms with Gasteiger partial charge in [-0.15, -0.1) is 44.1 Å². The fraction of sp³-hybridized carbons (Fsp3) is 0.167. The van der Waals surface area contributed by atoms with Crippen molar-refractivity contribution in [3.63, 3.8) is 0 Å². The minimum atomic E-state index is 0. The van der Waals surface area contributed by atoms with E-state index in [1.165, 1.54) is 55.6 Å². The molecule has 16 bridgehead atoms. The largest absolute Gasteiger partial charge is 2.00 e. The normalized spacial score (nSPS) is 12.0. The van der Waals surface area contributed by atoms with Crippen molar-refractivity contribution < 1.29 is 39.0 Å². The third-order valence-electron chi connectivity index (χ3n) is 23.5. The molecule has 566 valence electrons. The molecule has 4 aliphatic heterocycles. The molecule has 0 radical (unpaired) electrons. The van der Waals surface area contributed by atoms with Gasteiger partial charge in [0.15, 0.2) is 0 Å². The van der Waals surface area contributed by atoms with E-state index in [-0.39, 0.29) is 39.0 Å². The van der Waals surface area contributed by atoms with Crippen LogP contribution in [0.5, 0.6) is 0 Å². The van der Waals surface area contributed by atoms with Gasteiger partial charge in [0.1, 0.15) is 0 Å². The fourth-order valence-electron chi connectivity index (χ4n) is 19.3. The SMILES string of the molecule is Cc1cc(C)c(-c2c3nc(c(-c4c(C)cc(C)cc4C)c4ccc([n-]4)c(-c4c(C)cc(C)cc4C)c4nc(c(-c5ccc(C#Cc6ccc(-[13c]7c8nc(c(-c9c(C)cc(C)cc9C)c9ccc([n-]9)c(-c9c(C)cc(C)cc9C)c9nc(c(-c%10c(C)cc(C)cc%10C)c%10ccc7[n-]%10)C=C9)C=C8)cc6)cc5)c5ccc2[n-]5)C=C4)C=C3)c(C)c1.[Zn+2].[Zn+2]. The van der Waals surface area contributed by atoms with Crippen LogP contribution < -0.4 is 19.9 Å². The fourth-order valence-corrected chi connectivity index (χ4v) is 19.3. The molecule has 0 saturated carbocycles. The summed E-state index contributed by atoms with van der Waals surface area (Å²) in [6, 6.07) is 61.6. The quantitative estimate of drug-likeness (QED) is 0.109. The van der Waals surface area contributed by atoms with Crippen LogP contribution in [0.25, 0.3) is 182 Å². The summed E-state index contributed by atoms with van der Waals surface area (Å²) in [6.45, 7) is 39.4. The number of fused-ring (bicyclic) bond motifs is 16. The average Bonchev–Trinajstić information content (AvgIpc) is 1.61. The summed E-state index contributed by atoms with van der Waals surface area (Å²) in [5.41, 5.74) is 52.6. The number of aromatic nitrogens is 8. The van der Waals surface area contributed by atoms with Gasteiger partial charge in [-0.3, -0.25) is 0 Å². The molecule has 6 aromatic heterocycles. The van der Waals surface area contributed by atoms with Gasteiger partial charge >= 0.3 is 39.0 Å². The molecule has 118 heavy (non-hydrogen) atoms. The van der Waals surface area contributed by atoms with Gasteiger partial charge in [0.05, 0.1) is 45.6 Å². The van der Waals surface area contributed by atoms with Crippen LogP contribution in [0.15, 0.2) is 170 Å². The van der Waals surface area contributed by atoms with Crippen molar-refractivity contribution in [2.45, 2.75) is 125 Å². The second kappa shape index (κ2) is 31.3. The molecule has 10 heterocycles. The van der Waals surface area contributed by atoms with E-state index >= 15 is 0 Å². The zero-order chi connectivity index (χ0) is 80.5. The summed E-state index contributed by atoms with van der Waals surface area (Å²) >= 11 is 0. The maximum Gasteiger partial charge on any atom is 2.00 e. The Morgan fingerprint density at radius 3 is 0.483 bits per heavy atom. The molecule has 8 nitrogen and oxygen atoms in total. The van der Waals surface area contributed by atoms with Crippen LogP contribution in [-0.2, 0) is 39.0 Å². The molecule has 4 aliphatic rings. The molecule has 0 unspecified atom stereocenters. The van der Waals surface area contributed by atoms with E-state index in [1.54, 1.807) is 0 Å². The van der Waals surface area contributed by atoms with Crippen LogP contribution in [-0.4, -0.2) is 19.9 Å². The average molecular weight is 1630 g/mol. The van der Waals surface area contributed by atoms with E-state index in [1.807, 2.05) is 0 Å². The number of rotatable bonds is 8. The topological polar surface area (TPSA) is 108 Å². The minimum absolute atomic E-state index is 0. The maximum atomic E-state index is 5.70. The molecule has 0 atom stereocenters. The van der Waals surface area contributed by atoms with E-state index in [0.29, 0.717) is 0 Å². The van der Waals surface area contributed by atoms with E-state index < -0.39 is 0 Å². The number of hydrogen-bond acceptors (Lipinski definition) is 4. The van der Waals surface area contributed by atoms with Gasteiger partial charge in [0, 0.05) is 11.1 Å². The smallest absolute Gasteiger partial charge is 0.657 e. The van der Waals surface area contributed by atoms with E-state index in [2.05, 4.69) is 355 Å². The van der Waals surface area contributed by atoms with Crippen LogP contribution >= 0.6 is 0 Å². The van der Waals surface area contributed by atoms with Gasteiger partial charge in [-0.1, -0.05) is 191 Å². The summed E-state index contributed by atoms with van der Waals surface area (Å²) in [5, 5.41) is 0. The molecule has 0 N–H and O–H groups in total. The summed E-state index contributed by atoms with van der Waals surface area (Å²) in [6.07, 6.45) is 17.3. The van der Waals surface area contributed by atoms with Crippen LogP contribution in [0.2, 0.25) is 0 Å².